The van der Waals surface area contributed by atoms with Crippen molar-refractivity contribution < 1.29 is 14.3 Å². The number of fused-ring (bicyclic) bond motifs is 1. The Bertz CT molecular complexity index is 603. The van der Waals surface area contributed by atoms with Gasteiger partial charge in [-0.25, -0.2) is 4.79 Å². The molecule has 0 saturated carbocycles. The Kier molecular flexibility index (Phi) is 4.04. The molecule has 4 nitrogen and oxygen atoms in total. The first-order chi connectivity index (χ1) is 8.63. The second kappa shape index (κ2) is 5.54. The van der Waals surface area contributed by atoms with Crippen LogP contribution in [0.2, 0.25) is 5.02 Å². The molecule has 1 aromatic carbocycles. The van der Waals surface area contributed by atoms with Crippen LogP contribution in [0, 0.1) is 0 Å². The second-order valence-corrected chi connectivity index (χ2v) is 4.70. The number of ether oxygens (including phenoxy) is 2. The lowest BCUT2D eigenvalue weighted by molar-refractivity contribution is -0.142. The topological polar surface area (TPSA) is 48.4 Å². The largest absolute Gasteiger partial charge is 0.478 e. The Morgan fingerprint density at radius 3 is 3.06 bits per heavy atom. The third kappa shape index (κ3) is 2.57. The summed E-state index contributed by atoms with van der Waals surface area (Å²) < 4.78 is 10.7. The van der Waals surface area contributed by atoms with E-state index in [0.717, 1.165) is 9.86 Å². The Morgan fingerprint density at radius 1 is 1.56 bits per heavy atom. The molecule has 0 atom stereocenters. The maximum Gasteiger partial charge on any atom is 0.343 e. The van der Waals surface area contributed by atoms with E-state index >= 15 is 0 Å². The van der Waals surface area contributed by atoms with Gasteiger partial charge in [0.1, 0.15) is 5.52 Å². The highest BCUT2D eigenvalue weighted by Gasteiger charge is 2.13. The van der Waals surface area contributed by atoms with E-state index in [0.29, 0.717) is 16.3 Å². The molecular formula is C12H9BrClNO3. The quantitative estimate of drug-likeness (QED) is 0.811. The number of hydrogen-bond acceptors (Lipinski definition) is 4. The monoisotopic (exact) mass is 329 g/mol. The highest BCUT2D eigenvalue weighted by molar-refractivity contribution is 9.10. The van der Waals surface area contributed by atoms with Crippen molar-refractivity contribution >= 4 is 44.4 Å². The predicted octanol–water partition coefficient (Wildman–Crippen LogP) is 3.20. The summed E-state index contributed by atoms with van der Waals surface area (Å²) in [6.07, 6.45) is 1.64. The van der Waals surface area contributed by atoms with Crippen LogP contribution in [0.4, 0.5) is 0 Å². The van der Waals surface area contributed by atoms with E-state index in [-0.39, 0.29) is 6.61 Å². The van der Waals surface area contributed by atoms with Crippen molar-refractivity contribution in [2.75, 3.05) is 13.7 Å². The molecule has 0 N–H and O–H groups in total. The molecule has 0 aliphatic heterocycles. The summed E-state index contributed by atoms with van der Waals surface area (Å²) >= 11 is 9.49. The average molecular weight is 331 g/mol. The van der Waals surface area contributed by atoms with Gasteiger partial charge in [0.05, 0.1) is 12.1 Å². The molecule has 0 amide bonds. The van der Waals surface area contributed by atoms with E-state index in [1.54, 1.807) is 12.3 Å². The van der Waals surface area contributed by atoms with Crippen molar-refractivity contribution in [3.05, 3.63) is 33.9 Å². The number of methoxy groups -OCH3 is 1. The highest BCUT2D eigenvalue weighted by Crippen LogP contribution is 2.36. The first kappa shape index (κ1) is 13.1. The zero-order valence-corrected chi connectivity index (χ0v) is 11.8. The Balaban J connectivity index is 2.46. The number of esters is 1. The van der Waals surface area contributed by atoms with Crippen molar-refractivity contribution in [3.8, 4) is 5.75 Å². The van der Waals surface area contributed by atoms with Crippen molar-refractivity contribution in [2.24, 2.45) is 0 Å². The Morgan fingerprint density at radius 2 is 2.33 bits per heavy atom. The molecule has 0 aliphatic carbocycles. The van der Waals surface area contributed by atoms with Gasteiger partial charge in [0.25, 0.3) is 0 Å². The van der Waals surface area contributed by atoms with E-state index in [1.165, 1.54) is 7.11 Å². The van der Waals surface area contributed by atoms with Gasteiger partial charge in [0.15, 0.2) is 12.4 Å². The molecule has 0 bridgehead atoms. The number of rotatable bonds is 3. The molecule has 1 aromatic heterocycles. The van der Waals surface area contributed by atoms with E-state index in [4.69, 9.17) is 16.3 Å². The lowest BCUT2D eigenvalue weighted by Gasteiger charge is -2.10. The number of halogens is 2. The molecule has 0 radical (unpaired) electrons. The fraction of sp³-hybridized carbons (Fsp3) is 0.167. The third-order valence-corrected chi connectivity index (χ3v) is 3.25. The molecule has 0 spiro atoms. The highest BCUT2D eigenvalue weighted by atomic mass is 79.9. The van der Waals surface area contributed by atoms with Gasteiger partial charge < -0.3 is 9.47 Å². The molecule has 94 valence electrons. The van der Waals surface area contributed by atoms with Crippen LogP contribution in [0.5, 0.6) is 5.75 Å². The fourth-order valence-corrected chi connectivity index (χ4v) is 2.41. The van der Waals surface area contributed by atoms with Gasteiger partial charge in [0, 0.05) is 16.1 Å². The van der Waals surface area contributed by atoms with Crippen LogP contribution in [0.15, 0.2) is 28.9 Å². The molecule has 0 unspecified atom stereocenters. The molecule has 0 fully saturated rings. The average Bonchev–Trinajstić information content (AvgIpc) is 2.38. The van der Waals surface area contributed by atoms with Gasteiger partial charge in [-0.15, -0.1) is 0 Å². The normalized spacial score (nSPS) is 10.4. The molecule has 0 aliphatic rings. The minimum Gasteiger partial charge on any atom is -0.478 e. The molecule has 6 heteroatoms. The zero-order chi connectivity index (χ0) is 13.1. The van der Waals surface area contributed by atoms with Gasteiger partial charge >= 0.3 is 5.97 Å². The summed E-state index contributed by atoms with van der Waals surface area (Å²) in [5.74, 6) is -0.0982. The van der Waals surface area contributed by atoms with E-state index in [2.05, 4.69) is 25.7 Å². The van der Waals surface area contributed by atoms with Crippen molar-refractivity contribution in [2.45, 2.75) is 0 Å². The summed E-state index contributed by atoms with van der Waals surface area (Å²) in [5.41, 5.74) is 0.598. The molecular weight excluding hydrogens is 321 g/mol. The second-order valence-electron chi connectivity index (χ2n) is 3.43. The van der Waals surface area contributed by atoms with Gasteiger partial charge in [-0.05, 0) is 12.1 Å². The van der Waals surface area contributed by atoms with Crippen LogP contribution in [0.25, 0.3) is 10.9 Å². The number of pyridine rings is 1. The maximum atomic E-state index is 11.1. The van der Waals surface area contributed by atoms with Gasteiger partial charge in [-0.3, -0.25) is 4.98 Å². The number of carbonyl (C=O) groups is 1. The maximum absolute atomic E-state index is 11.1. The van der Waals surface area contributed by atoms with Crippen LogP contribution in [-0.2, 0) is 9.53 Å². The Hall–Kier alpha value is -1.33. The van der Waals surface area contributed by atoms with Gasteiger partial charge in [-0.1, -0.05) is 33.6 Å². The van der Waals surface area contributed by atoms with E-state index < -0.39 is 5.97 Å². The smallest absolute Gasteiger partial charge is 0.343 e. The molecule has 2 aromatic rings. The predicted molar refractivity (Wildman–Crippen MR) is 72.0 cm³/mol. The molecule has 0 saturated heterocycles. The van der Waals surface area contributed by atoms with Gasteiger partial charge in [0.2, 0.25) is 0 Å². The third-order valence-electron chi connectivity index (χ3n) is 2.31. The van der Waals surface area contributed by atoms with Crippen molar-refractivity contribution in [3.63, 3.8) is 0 Å². The summed E-state index contributed by atoms with van der Waals surface area (Å²) in [7, 11) is 1.30. The molecule has 1 heterocycles. The van der Waals surface area contributed by atoms with Crippen LogP contribution in [-0.4, -0.2) is 24.7 Å². The Labute approximate surface area is 117 Å². The summed E-state index contributed by atoms with van der Waals surface area (Å²) in [6, 6.07) is 5.40. The van der Waals surface area contributed by atoms with Gasteiger partial charge in [-0.2, -0.15) is 0 Å². The fourth-order valence-electron chi connectivity index (χ4n) is 1.47. The summed E-state index contributed by atoms with van der Waals surface area (Å²) in [4.78, 5) is 15.3. The van der Waals surface area contributed by atoms with E-state index in [1.807, 2.05) is 12.1 Å². The molecule has 18 heavy (non-hydrogen) atoms. The van der Waals surface area contributed by atoms with Crippen LogP contribution in [0.3, 0.4) is 0 Å². The minimum absolute atomic E-state index is 0.205. The first-order valence-electron chi connectivity index (χ1n) is 5.06. The standard InChI is InChI=1S/C12H9BrClNO3/c1-17-10(16)6-18-12-9(14)5-8(13)7-3-2-4-15-11(7)12/h2-5H,6H2,1H3. The SMILES string of the molecule is COC(=O)COc1c(Cl)cc(Br)c2cccnc12. The zero-order valence-electron chi connectivity index (χ0n) is 9.44. The van der Waals surface area contributed by atoms with E-state index in [9.17, 15) is 4.79 Å². The minimum atomic E-state index is -0.474. The number of benzene rings is 1. The van der Waals surface area contributed by atoms with Crippen LogP contribution >= 0.6 is 27.5 Å². The summed E-state index contributed by atoms with van der Waals surface area (Å²) in [5, 5.41) is 1.25. The van der Waals surface area contributed by atoms with Crippen molar-refractivity contribution in [1.82, 2.24) is 4.98 Å². The number of carbonyl (C=O) groups excluding carboxylic acids is 1. The number of nitrogens with zero attached hydrogens (tertiary/aromatic N) is 1. The number of aromatic nitrogens is 1. The molecule has 2 rings (SSSR count). The van der Waals surface area contributed by atoms with Crippen LogP contribution in [0.1, 0.15) is 0 Å². The number of hydrogen-bond donors (Lipinski definition) is 0. The van der Waals surface area contributed by atoms with Crippen molar-refractivity contribution in [1.29, 1.82) is 0 Å². The lowest BCUT2D eigenvalue weighted by atomic mass is 10.2. The lowest BCUT2D eigenvalue weighted by Crippen LogP contribution is -2.13. The van der Waals surface area contributed by atoms with Crippen LogP contribution < -0.4 is 4.74 Å². The summed E-state index contributed by atoms with van der Waals surface area (Å²) in [6.45, 7) is -0.205. The first-order valence-corrected chi connectivity index (χ1v) is 6.23.